The van der Waals surface area contributed by atoms with Crippen LogP contribution in [0.4, 0.5) is 8.78 Å². The number of ether oxygens (including phenoxy) is 1. The van der Waals surface area contributed by atoms with E-state index in [4.69, 9.17) is 0 Å². The van der Waals surface area contributed by atoms with E-state index in [1.807, 2.05) is 0 Å². The number of benzene rings is 2. The first-order valence-corrected chi connectivity index (χ1v) is 8.07. The predicted octanol–water partition coefficient (Wildman–Crippen LogP) is 3.04. The van der Waals surface area contributed by atoms with E-state index in [0.29, 0.717) is 11.1 Å². The van der Waals surface area contributed by atoms with Crippen molar-refractivity contribution in [3.63, 3.8) is 0 Å². The Morgan fingerprint density at radius 1 is 1.15 bits per heavy atom. The maximum absolute atomic E-state index is 12.7. The number of amides is 1. The number of carbonyl (C=O) groups excluding carboxylic acids is 1. The van der Waals surface area contributed by atoms with Gasteiger partial charge in [-0.1, -0.05) is 42.5 Å². The highest BCUT2D eigenvalue weighted by atomic mass is 19.3. The Morgan fingerprint density at radius 3 is 2.58 bits per heavy atom. The molecule has 1 aliphatic heterocycles. The lowest BCUT2D eigenvalue weighted by atomic mass is 9.89. The molecule has 136 valence electrons. The maximum Gasteiger partial charge on any atom is 0.387 e. The highest BCUT2D eigenvalue weighted by Crippen LogP contribution is 2.29. The van der Waals surface area contributed by atoms with Gasteiger partial charge in [0.1, 0.15) is 5.75 Å². The van der Waals surface area contributed by atoms with Gasteiger partial charge in [0.15, 0.2) is 0 Å². The molecule has 1 atom stereocenters. The number of rotatable bonds is 5. The molecule has 1 unspecified atom stereocenters. The van der Waals surface area contributed by atoms with Crippen molar-refractivity contribution >= 4 is 11.9 Å². The monoisotopic (exact) mass is 361 g/mol. The van der Waals surface area contributed by atoms with Gasteiger partial charge in [-0.15, -0.1) is 0 Å². The highest BCUT2D eigenvalue weighted by molar-refractivity contribution is 5.83. The summed E-state index contributed by atoms with van der Waals surface area (Å²) in [6, 6.07) is 13.2. The van der Waals surface area contributed by atoms with Crippen LogP contribution in [0.15, 0.2) is 48.5 Å². The third-order valence-electron chi connectivity index (χ3n) is 4.38. The number of hydrogen-bond donors (Lipinski definition) is 1. The Bertz CT molecular complexity index is 825. The van der Waals surface area contributed by atoms with E-state index in [2.05, 4.69) is 4.74 Å². The summed E-state index contributed by atoms with van der Waals surface area (Å²) >= 11 is 0. The van der Waals surface area contributed by atoms with Crippen molar-refractivity contribution in [2.45, 2.75) is 25.5 Å². The standard InChI is InChI=1S/C19H17F2NO4/c20-19(21)26-16-8-4-2-5-12(16)9-17(23)22-10-13-6-1-3-7-14(13)15(11-22)18(24)25/h1-8,15,19H,9-11H2,(H,24,25). The second-order valence-electron chi connectivity index (χ2n) is 6.03. The van der Waals surface area contributed by atoms with Crippen LogP contribution in [-0.4, -0.2) is 35.0 Å². The first kappa shape index (κ1) is 17.8. The Hall–Kier alpha value is -2.96. The molecule has 0 saturated carbocycles. The van der Waals surface area contributed by atoms with E-state index in [1.54, 1.807) is 42.5 Å². The lowest BCUT2D eigenvalue weighted by Gasteiger charge is -2.33. The van der Waals surface area contributed by atoms with Crippen molar-refractivity contribution in [2.75, 3.05) is 6.54 Å². The van der Waals surface area contributed by atoms with E-state index < -0.39 is 18.5 Å². The summed E-state index contributed by atoms with van der Waals surface area (Å²) in [5, 5.41) is 9.48. The Morgan fingerprint density at radius 2 is 1.85 bits per heavy atom. The van der Waals surface area contributed by atoms with Gasteiger partial charge in [-0.2, -0.15) is 8.78 Å². The fourth-order valence-electron chi connectivity index (χ4n) is 3.14. The second kappa shape index (κ2) is 7.51. The number of carbonyl (C=O) groups is 2. The third-order valence-corrected chi connectivity index (χ3v) is 4.38. The van der Waals surface area contributed by atoms with Crippen molar-refractivity contribution < 1.29 is 28.2 Å². The lowest BCUT2D eigenvalue weighted by molar-refractivity contribution is -0.141. The molecule has 5 nitrogen and oxygen atoms in total. The fraction of sp³-hybridized carbons (Fsp3) is 0.263. The molecular weight excluding hydrogens is 344 g/mol. The number of alkyl halides is 2. The van der Waals surface area contributed by atoms with E-state index in [0.717, 1.165) is 5.56 Å². The van der Waals surface area contributed by atoms with Crippen LogP contribution in [0, 0.1) is 0 Å². The minimum atomic E-state index is -2.98. The molecule has 0 radical (unpaired) electrons. The zero-order valence-corrected chi connectivity index (χ0v) is 13.8. The minimum Gasteiger partial charge on any atom is -0.481 e. The van der Waals surface area contributed by atoms with E-state index in [9.17, 15) is 23.5 Å². The molecule has 0 aliphatic carbocycles. The summed E-state index contributed by atoms with van der Waals surface area (Å²) in [6.07, 6.45) is -0.141. The van der Waals surface area contributed by atoms with Crippen LogP contribution in [0.5, 0.6) is 5.75 Å². The number of halogens is 2. The van der Waals surface area contributed by atoms with Crippen LogP contribution < -0.4 is 4.74 Å². The van der Waals surface area contributed by atoms with Crippen LogP contribution in [0.25, 0.3) is 0 Å². The summed E-state index contributed by atoms with van der Waals surface area (Å²) in [5.74, 6) is -2.20. The van der Waals surface area contributed by atoms with Crippen molar-refractivity contribution in [3.05, 3.63) is 65.2 Å². The quantitative estimate of drug-likeness (QED) is 0.889. The highest BCUT2D eigenvalue weighted by Gasteiger charge is 2.32. The average molecular weight is 361 g/mol. The topological polar surface area (TPSA) is 66.8 Å². The average Bonchev–Trinajstić information content (AvgIpc) is 2.61. The van der Waals surface area contributed by atoms with Gasteiger partial charge in [0.25, 0.3) is 0 Å². The number of fused-ring (bicyclic) bond motifs is 1. The second-order valence-corrected chi connectivity index (χ2v) is 6.03. The number of carboxylic acid groups (broad SMARTS) is 1. The molecule has 0 saturated heterocycles. The van der Waals surface area contributed by atoms with Gasteiger partial charge in [0, 0.05) is 18.7 Å². The number of nitrogens with zero attached hydrogens (tertiary/aromatic N) is 1. The third kappa shape index (κ3) is 3.82. The summed E-state index contributed by atoms with van der Waals surface area (Å²) in [7, 11) is 0. The van der Waals surface area contributed by atoms with Gasteiger partial charge >= 0.3 is 12.6 Å². The Kier molecular flexibility index (Phi) is 5.16. The van der Waals surface area contributed by atoms with Gasteiger partial charge < -0.3 is 14.7 Å². The zero-order valence-electron chi connectivity index (χ0n) is 13.8. The SMILES string of the molecule is O=C(O)C1CN(C(=O)Cc2ccccc2OC(F)F)Cc2ccccc21. The maximum atomic E-state index is 12.7. The van der Waals surface area contributed by atoms with Gasteiger partial charge in [-0.05, 0) is 17.2 Å². The minimum absolute atomic E-state index is 0.0447. The predicted molar refractivity (Wildman–Crippen MR) is 89.0 cm³/mol. The van der Waals surface area contributed by atoms with Crippen LogP contribution in [0.3, 0.4) is 0 Å². The zero-order chi connectivity index (χ0) is 18.7. The molecule has 0 fully saturated rings. The molecule has 2 aromatic rings. The number of hydrogen-bond acceptors (Lipinski definition) is 3. The van der Waals surface area contributed by atoms with Gasteiger partial charge in [-0.3, -0.25) is 9.59 Å². The normalized spacial score (nSPS) is 16.3. The van der Waals surface area contributed by atoms with Gasteiger partial charge in [-0.25, -0.2) is 0 Å². The molecule has 1 amide bonds. The van der Waals surface area contributed by atoms with Crippen molar-refractivity contribution in [1.82, 2.24) is 4.90 Å². The molecule has 1 heterocycles. The van der Waals surface area contributed by atoms with E-state index >= 15 is 0 Å². The first-order chi connectivity index (χ1) is 12.5. The molecule has 0 spiro atoms. The van der Waals surface area contributed by atoms with E-state index in [1.165, 1.54) is 11.0 Å². The first-order valence-electron chi connectivity index (χ1n) is 8.07. The summed E-state index contributed by atoms with van der Waals surface area (Å²) in [6.45, 7) is -2.65. The molecule has 26 heavy (non-hydrogen) atoms. The molecule has 2 aromatic carbocycles. The molecule has 0 aromatic heterocycles. The number of aliphatic carboxylic acids is 1. The van der Waals surface area contributed by atoms with Gasteiger partial charge in [0.2, 0.25) is 5.91 Å². The summed E-state index contributed by atoms with van der Waals surface area (Å²) in [4.78, 5) is 25.7. The summed E-state index contributed by atoms with van der Waals surface area (Å²) < 4.78 is 29.5. The molecule has 1 N–H and O–H groups in total. The van der Waals surface area contributed by atoms with Crippen LogP contribution in [0.1, 0.15) is 22.6 Å². The lowest BCUT2D eigenvalue weighted by Crippen LogP contribution is -2.41. The van der Waals surface area contributed by atoms with Crippen LogP contribution >= 0.6 is 0 Å². The van der Waals surface area contributed by atoms with Crippen molar-refractivity contribution in [1.29, 1.82) is 0 Å². The van der Waals surface area contributed by atoms with E-state index in [-0.39, 0.29) is 31.2 Å². The molecular formula is C19H17F2NO4. The Labute approximate surface area is 148 Å². The van der Waals surface area contributed by atoms with Crippen molar-refractivity contribution in [2.24, 2.45) is 0 Å². The van der Waals surface area contributed by atoms with Gasteiger partial charge in [0.05, 0.1) is 12.3 Å². The largest absolute Gasteiger partial charge is 0.481 e. The molecule has 7 heteroatoms. The van der Waals surface area contributed by atoms with Crippen LogP contribution in [0.2, 0.25) is 0 Å². The van der Waals surface area contributed by atoms with Crippen molar-refractivity contribution in [3.8, 4) is 5.75 Å². The number of para-hydroxylation sites is 1. The number of carboxylic acids is 1. The molecule has 1 aliphatic rings. The molecule has 0 bridgehead atoms. The fourth-order valence-corrected chi connectivity index (χ4v) is 3.14. The summed E-state index contributed by atoms with van der Waals surface area (Å²) in [5.41, 5.74) is 1.81. The smallest absolute Gasteiger partial charge is 0.387 e. The Balaban J connectivity index is 1.80. The van der Waals surface area contributed by atoms with Crippen LogP contribution in [-0.2, 0) is 22.6 Å². The molecule has 3 rings (SSSR count).